The number of methoxy groups -OCH3 is 1. The van der Waals surface area contributed by atoms with Crippen molar-refractivity contribution in [3.63, 3.8) is 0 Å². The maximum atomic E-state index is 13.7. The molecule has 1 N–H and O–H groups in total. The van der Waals surface area contributed by atoms with Crippen LogP contribution in [0.2, 0.25) is 0 Å². The van der Waals surface area contributed by atoms with Gasteiger partial charge in [-0.15, -0.1) is 0 Å². The summed E-state index contributed by atoms with van der Waals surface area (Å²) in [7, 11) is 1.62. The topological polar surface area (TPSA) is 70.8 Å². The number of carbonyl (C=O) groups excluding carboxylic acids is 1. The normalized spacial score (nSPS) is 13.7. The van der Waals surface area contributed by atoms with Gasteiger partial charge in [0.15, 0.2) is 0 Å². The SMILES string of the molecule is COc1cccc(-c2nn(-c3ccccc3)cc2C(=O)N2CCN(c3cccc(O)c3)CC2)c1. The van der Waals surface area contributed by atoms with E-state index in [9.17, 15) is 9.90 Å². The van der Waals surface area contributed by atoms with Gasteiger partial charge in [-0.3, -0.25) is 4.79 Å². The van der Waals surface area contributed by atoms with E-state index in [1.54, 1.807) is 23.9 Å². The molecule has 1 fully saturated rings. The highest BCUT2D eigenvalue weighted by molar-refractivity contribution is 6.00. The van der Waals surface area contributed by atoms with Crippen molar-refractivity contribution in [1.29, 1.82) is 0 Å². The number of para-hydroxylation sites is 1. The first-order valence-electron chi connectivity index (χ1n) is 11.2. The second-order valence-electron chi connectivity index (χ2n) is 8.20. The van der Waals surface area contributed by atoms with E-state index in [4.69, 9.17) is 9.84 Å². The molecule has 2 heterocycles. The Morgan fingerprint density at radius 3 is 2.35 bits per heavy atom. The molecule has 4 aromatic rings. The van der Waals surface area contributed by atoms with Crippen molar-refractivity contribution in [3.8, 4) is 28.4 Å². The van der Waals surface area contributed by atoms with Gasteiger partial charge in [0.25, 0.3) is 5.91 Å². The molecule has 0 saturated carbocycles. The zero-order valence-corrected chi connectivity index (χ0v) is 19.0. The molecular formula is C27H26N4O3. The third kappa shape index (κ3) is 4.32. The number of ether oxygens (including phenoxy) is 1. The van der Waals surface area contributed by atoms with Crippen molar-refractivity contribution in [2.24, 2.45) is 0 Å². The molecule has 1 aliphatic rings. The number of nitrogens with zero attached hydrogens (tertiary/aromatic N) is 4. The Bertz CT molecular complexity index is 1290. The second kappa shape index (κ2) is 9.31. The van der Waals surface area contributed by atoms with Crippen LogP contribution in [0.5, 0.6) is 11.5 Å². The number of benzene rings is 3. The van der Waals surface area contributed by atoms with Crippen LogP contribution in [0.1, 0.15) is 10.4 Å². The molecule has 34 heavy (non-hydrogen) atoms. The molecular weight excluding hydrogens is 428 g/mol. The van der Waals surface area contributed by atoms with Crippen LogP contribution < -0.4 is 9.64 Å². The summed E-state index contributed by atoms with van der Waals surface area (Å²) in [5.74, 6) is 0.910. The van der Waals surface area contributed by atoms with Crippen molar-refractivity contribution < 1.29 is 14.6 Å². The first-order chi connectivity index (χ1) is 16.6. The molecule has 172 valence electrons. The zero-order valence-electron chi connectivity index (χ0n) is 19.0. The summed E-state index contributed by atoms with van der Waals surface area (Å²) in [6.07, 6.45) is 1.81. The smallest absolute Gasteiger partial charge is 0.257 e. The van der Waals surface area contributed by atoms with Crippen molar-refractivity contribution in [1.82, 2.24) is 14.7 Å². The van der Waals surface area contributed by atoms with E-state index in [-0.39, 0.29) is 11.7 Å². The van der Waals surface area contributed by atoms with Crippen LogP contribution in [-0.4, -0.2) is 59.0 Å². The van der Waals surface area contributed by atoms with E-state index in [0.29, 0.717) is 43.2 Å². The molecule has 1 aliphatic heterocycles. The quantitative estimate of drug-likeness (QED) is 0.489. The first kappa shape index (κ1) is 21.6. The van der Waals surface area contributed by atoms with Gasteiger partial charge in [0, 0.05) is 49.7 Å². The number of hydrogen-bond donors (Lipinski definition) is 1. The lowest BCUT2D eigenvalue weighted by Gasteiger charge is -2.36. The highest BCUT2D eigenvalue weighted by atomic mass is 16.5. The van der Waals surface area contributed by atoms with Crippen LogP contribution in [0.4, 0.5) is 5.69 Å². The minimum Gasteiger partial charge on any atom is -0.508 e. The van der Waals surface area contributed by atoms with Crippen molar-refractivity contribution in [2.45, 2.75) is 0 Å². The van der Waals surface area contributed by atoms with E-state index in [1.165, 1.54) is 0 Å². The maximum absolute atomic E-state index is 13.7. The van der Waals surface area contributed by atoms with E-state index in [2.05, 4.69) is 4.90 Å². The number of phenols is 1. The predicted molar refractivity (Wildman–Crippen MR) is 132 cm³/mol. The molecule has 1 saturated heterocycles. The van der Waals surface area contributed by atoms with Crippen molar-refractivity contribution in [2.75, 3.05) is 38.2 Å². The number of rotatable bonds is 5. The molecule has 1 aromatic heterocycles. The summed E-state index contributed by atoms with van der Waals surface area (Å²) in [6, 6.07) is 24.6. The molecule has 3 aromatic carbocycles. The van der Waals surface area contributed by atoms with Crippen molar-refractivity contribution in [3.05, 3.63) is 90.6 Å². The first-order valence-corrected chi connectivity index (χ1v) is 11.2. The summed E-state index contributed by atoms with van der Waals surface area (Å²) < 4.78 is 7.15. The van der Waals surface area contributed by atoms with Crippen LogP contribution in [0.15, 0.2) is 85.1 Å². The molecule has 7 nitrogen and oxygen atoms in total. The van der Waals surface area contributed by atoms with Gasteiger partial charge in [-0.2, -0.15) is 5.10 Å². The number of piperazine rings is 1. The number of carbonyl (C=O) groups is 1. The largest absolute Gasteiger partial charge is 0.508 e. The minimum atomic E-state index is -0.0458. The molecule has 0 spiro atoms. The number of hydrogen-bond acceptors (Lipinski definition) is 5. The average Bonchev–Trinajstić information content (AvgIpc) is 3.34. The Balaban J connectivity index is 1.44. The van der Waals surface area contributed by atoms with Gasteiger partial charge in [-0.05, 0) is 36.4 Å². The minimum absolute atomic E-state index is 0.0458. The van der Waals surface area contributed by atoms with E-state index in [1.807, 2.05) is 77.8 Å². The standard InChI is InChI=1S/C27H26N4O3/c1-34-24-12-5-7-20(17-24)26-25(19-31(28-26)21-8-3-2-4-9-21)27(33)30-15-13-29(14-16-30)22-10-6-11-23(32)18-22/h2-12,17-19,32H,13-16H2,1H3. The summed E-state index contributed by atoms with van der Waals surface area (Å²) in [5, 5.41) is 14.6. The summed E-state index contributed by atoms with van der Waals surface area (Å²) in [6.45, 7) is 2.55. The van der Waals surface area contributed by atoms with E-state index < -0.39 is 0 Å². The number of aromatic hydroxyl groups is 1. The van der Waals surface area contributed by atoms with Gasteiger partial charge in [0.05, 0.1) is 18.4 Å². The average molecular weight is 455 g/mol. The molecule has 0 radical (unpaired) electrons. The highest BCUT2D eigenvalue weighted by Gasteiger charge is 2.27. The number of aromatic nitrogens is 2. The lowest BCUT2D eigenvalue weighted by Crippen LogP contribution is -2.48. The highest BCUT2D eigenvalue weighted by Crippen LogP contribution is 2.29. The van der Waals surface area contributed by atoms with Crippen LogP contribution >= 0.6 is 0 Å². The molecule has 5 rings (SSSR count). The molecule has 7 heteroatoms. The van der Waals surface area contributed by atoms with E-state index >= 15 is 0 Å². The fourth-order valence-electron chi connectivity index (χ4n) is 4.25. The third-order valence-corrected chi connectivity index (χ3v) is 6.07. The molecule has 0 atom stereocenters. The summed E-state index contributed by atoms with van der Waals surface area (Å²) in [4.78, 5) is 17.7. The van der Waals surface area contributed by atoms with Gasteiger partial charge in [0.2, 0.25) is 0 Å². The predicted octanol–water partition coefficient (Wildman–Crippen LogP) is 4.22. The lowest BCUT2D eigenvalue weighted by molar-refractivity contribution is 0.0747. The number of anilines is 1. The Kier molecular flexibility index (Phi) is 5.91. The maximum Gasteiger partial charge on any atom is 0.257 e. The van der Waals surface area contributed by atoms with Crippen LogP contribution in [-0.2, 0) is 0 Å². The van der Waals surface area contributed by atoms with Gasteiger partial charge >= 0.3 is 0 Å². The summed E-state index contributed by atoms with van der Waals surface area (Å²) >= 11 is 0. The van der Waals surface area contributed by atoms with Gasteiger partial charge in [-0.25, -0.2) is 4.68 Å². The number of amides is 1. The van der Waals surface area contributed by atoms with Gasteiger partial charge in [0.1, 0.15) is 17.2 Å². The number of phenolic OH excluding ortho intramolecular Hbond substituents is 1. The molecule has 0 aliphatic carbocycles. The van der Waals surface area contributed by atoms with Crippen LogP contribution in [0, 0.1) is 0 Å². The van der Waals surface area contributed by atoms with Crippen LogP contribution in [0.3, 0.4) is 0 Å². The van der Waals surface area contributed by atoms with E-state index in [0.717, 1.165) is 16.9 Å². The lowest BCUT2D eigenvalue weighted by atomic mass is 10.1. The third-order valence-electron chi connectivity index (χ3n) is 6.07. The molecule has 1 amide bonds. The Morgan fingerprint density at radius 1 is 0.882 bits per heavy atom. The monoisotopic (exact) mass is 454 g/mol. The Morgan fingerprint density at radius 2 is 1.62 bits per heavy atom. The zero-order chi connectivity index (χ0) is 23.5. The molecule has 0 bridgehead atoms. The fraction of sp³-hybridized carbons (Fsp3) is 0.185. The van der Waals surface area contributed by atoms with Crippen molar-refractivity contribution >= 4 is 11.6 Å². The molecule has 0 unspecified atom stereocenters. The Labute approximate surface area is 198 Å². The summed E-state index contributed by atoms with van der Waals surface area (Å²) in [5.41, 5.74) is 3.86. The fourth-order valence-corrected chi connectivity index (χ4v) is 4.25. The van der Waals surface area contributed by atoms with Crippen LogP contribution in [0.25, 0.3) is 16.9 Å². The second-order valence-corrected chi connectivity index (χ2v) is 8.20. The Hall–Kier alpha value is -4.26. The van der Waals surface area contributed by atoms with Gasteiger partial charge < -0.3 is 19.6 Å². The van der Waals surface area contributed by atoms with Gasteiger partial charge in [-0.1, -0.05) is 36.4 Å².